The van der Waals surface area contributed by atoms with Crippen LogP contribution in [0.5, 0.6) is 0 Å². The molecule has 0 aliphatic heterocycles. The summed E-state index contributed by atoms with van der Waals surface area (Å²) in [5.74, 6) is -0.148. The van der Waals surface area contributed by atoms with E-state index in [2.05, 4.69) is 15.4 Å². The summed E-state index contributed by atoms with van der Waals surface area (Å²) in [6.45, 7) is 1.81. The lowest BCUT2D eigenvalue weighted by Crippen LogP contribution is -2.35. The van der Waals surface area contributed by atoms with Gasteiger partial charge in [0.15, 0.2) is 5.69 Å². The Hall–Kier alpha value is -3.59. The molecular formula is C21H21N6O2S+. The standard InChI is InChI=1S/C21H20N6O2S/c1-15-19(20(29)27(25(15)2)17-11-7-4-8-12-17)24-18(28)13-30-21-22-14-23-26(21)16-9-5-3-6-10-16/h3-12,14H,13H2,1-2H3,(H,24,28)/p+1. The third kappa shape index (κ3) is 3.79. The van der Waals surface area contributed by atoms with Crippen molar-refractivity contribution in [2.24, 2.45) is 7.05 Å². The highest BCUT2D eigenvalue weighted by Gasteiger charge is 2.21. The van der Waals surface area contributed by atoms with Gasteiger partial charge in [0.25, 0.3) is 5.56 Å². The van der Waals surface area contributed by atoms with Crippen molar-refractivity contribution in [1.82, 2.24) is 19.4 Å². The molecule has 8 nitrogen and oxygen atoms in total. The summed E-state index contributed by atoms with van der Waals surface area (Å²) in [5, 5.41) is 6.46. The number of aromatic nitrogens is 5. The van der Waals surface area contributed by atoms with Gasteiger partial charge >= 0.3 is 5.16 Å². The number of anilines is 1. The SMILES string of the molecule is Cc1c(NC(=O)CSc2nc[nH][n+]2-c2ccccc2)c(=O)n(-c2ccccc2)n1C. The molecule has 2 heterocycles. The maximum atomic E-state index is 12.9. The molecule has 2 aromatic heterocycles. The van der Waals surface area contributed by atoms with Gasteiger partial charge in [-0.15, -0.1) is 4.68 Å². The Labute approximate surface area is 177 Å². The quantitative estimate of drug-likeness (QED) is 0.369. The third-order valence-corrected chi connectivity index (χ3v) is 5.67. The van der Waals surface area contributed by atoms with Crippen molar-refractivity contribution in [3.63, 3.8) is 0 Å². The Morgan fingerprint density at radius 1 is 1.13 bits per heavy atom. The van der Waals surface area contributed by atoms with Gasteiger partial charge in [0.05, 0.1) is 17.1 Å². The van der Waals surface area contributed by atoms with Gasteiger partial charge in [-0.1, -0.05) is 36.4 Å². The molecule has 0 unspecified atom stereocenters. The number of carbonyl (C=O) groups is 1. The van der Waals surface area contributed by atoms with E-state index in [1.165, 1.54) is 16.4 Å². The fourth-order valence-corrected chi connectivity index (χ4v) is 3.88. The Morgan fingerprint density at radius 2 is 1.80 bits per heavy atom. The minimum absolute atomic E-state index is 0.122. The van der Waals surface area contributed by atoms with E-state index in [1.54, 1.807) is 29.7 Å². The number of carbonyl (C=O) groups excluding carboxylic acids is 1. The highest BCUT2D eigenvalue weighted by molar-refractivity contribution is 7.99. The van der Waals surface area contributed by atoms with E-state index in [0.29, 0.717) is 10.9 Å². The van der Waals surface area contributed by atoms with Crippen LogP contribution in [0.15, 0.2) is 76.9 Å². The van der Waals surface area contributed by atoms with Crippen LogP contribution in [-0.2, 0) is 11.8 Å². The van der Waals surface area contributed by atoms with Gasteiger partial charge in [-0.05, 0) is 47.9 Å². The minimum Gasteiger partial charge on any atom is -0.319 e. The number of amides is 1. The number of thioether (sulfide) groups is 1. The minimum atomic E-state index is -0.270. The lowest BCUT2D eigenvalue weighted by molar-refractivity contribution is -0.694. The third-order valence-electron chi connectivity index (χ3n) is 4.72. The van der Waals surface area contributed by atoms with E-state index >= 15 is 0 Å². The zero-order valence-corrected chi connectivity index (χ0v) is 17.4. The van der Waals surface area contributed by atoms with E-state index in [1.807, 2.05) is 60.7 Å². The summed E-state index contributed by atoms with van der Waals surface area (Å²) in [7, 11) is 1.79. The maximum absolute atomic E-state index is 12.9. The van der Waals surface area contributed by atoms with Gasteiger partial charge in [-0.3, -0.25) is 14.3 Å². The summed E-state index contributed by atoms with van der Waals surface area (Å²) < 4.78 is 5.07. The smallest absolute Gasteiger partial charge is 0.319 e. The molecule has 2 aromatic carbocycles. The fraction of sp³-hybridized carbons (Fsp3) is 0.143. The van der Waals surface area contributed by atoms with Crippen molar-refractivity contribution in [3.8, 4) is 11.4 Å². The van der Waals surface area contributed by atoms with Crippen LogP contribution in [0.4, 0.5) is 5.69 Å². The second kappa shape index (κ2) is 8.42. The number of rotatable bonds is 6. The van der Waals surface area contributed by atoms with Crippen LogP contribution in [0, 0.1) is 6.92 Å². The van der Waals surface area contributed by atoms with Crippen molar-refractivity contribution in [2.75, 3.05) is 11.1 Å². The van der Waals surface area contributed by atoms with Gasteiger partial charge in [0.2, 0.25) is 12.2 Å². The predicted molar refractivity (Wildman–Crippen MR) is 115 cm³/mol. The highest BCUT2D eigenvalue weighted by atomic mass is 32.2. The van der Waals surface area contributed by atoms with Crippen LogP contribution in [0.2, 0.25) is 0 Å². The Balaban J connectivity index is 1.50. The molecule has 4 rings (SSSR count). The van der Waals surface area contributed by atoms with E-state index in [0.717, 1.165) is 11.4 Å². The second-order valence-electron chi connectivity index (χ2n) is 6.61. The van der Waals surface area contributed by atoms with E-state index in [-0.39, 0.29) is 22.9 Å². The van der Waals surface area contributed by atoms with Crippen LogP contribution >= 0.6 is 11.8 Å². The Kier molecular flexibility index (Phi) is 5.53. The summed E-state index contributed by atoms with van der Waals surface area (Å²) >= 11 is 1.29. The number of aromatic amines is 1. The molecule has 0 spiro atoms. The van der Waals surface area contributed by atoms with Gasteiger partial charge in [0, 0.05) is 7.05 Å². The van der Waals surface area contributed by atoms with E-state index < -0.39 is 0 Å². The first-order valence-corrected chi connectivity index (χ1v) is 10.3. The topological polar surface area (TPSA) is 88.6 Å². The second-order valence-corrected chi connectivity index (χ2v) is 7.56. The molecule has 9 heteroatoms. The average molecular weight is 422 g/mol. The number of nitrogens with one attached hydrogen (secondary N) is 2. The van der Waals surface area contributed by atoms with Crippen LogP contribution in [0.25, 0.3) is 11.4 Å². The number of nitrogens with zero attached hydrogens (tertiary/aromatic N) is 4. The zero-order valence-electron chi connectivity index (χ0n) is 16.6. The molecule has 0 fully saturated rings. The molecule has 1 amide bonds. The number of H-pyrrole nitrogens is 1. The lowest BCUT2D eigenvalue weighted by Gasteiger charge is -2.07. The average Bonchev–Trinajstić information content (AvgIpc) is 3.32. The first-order valence-electron chi connectivity index (χ1n) is 9.34. The fourth-order valence-electron chi connectivity index (χ4n) is 3.14. The van der Waals surface area contributed by atoms with Gasteiger partial charge < -0.3 is 5.32 Å². The van der Waals surface area contributed by atoms with Gasteiger partial charge in [0.1, 0.15) is 5.69 Å². The molecule has 0 atom stereocenters. The molecule has 0 bridgehead atoms. The van der Waals surface area contributed by atoms with Crippen LogP contribution in [-0.4, -0.2) is 31.1 Å². The number of hydrogen-bond acceptors (Lipinski definition) is 4. The number of para-hydroxylation sites is 2. The molecule has 0 aliphatic rings. The van der Waals surface area contributed by atoms with Crippen LogP contribution < -0.4 is 15.6 Å². The van der Waals surface area contributed by atoms with Crippen molar-refractivity contribution in [1.29, 1.82) is 0 Å². The molecule has 0 aliphatic carbocycles. The molecule has 30 heavy (non-hydrogen) atoms. The monoisotopic (exact) mass is 421 g/mol. The lowest BCUT2D eigenvalue weighted by atomic mass is 10.3. The number of benzene rings is 2. The van der Waals surface area contributed by atoms with Crippen molar-refractivity contribution >= 4 is 23.4 Å². The normalized spacial score (nSPS) is 10.9. The molecule has 0 saturated heterocycles. The molecule has 4 aromatic rings. The predicted octanol–water partition coefficient (Wildman–Crippen LogP) is 2.22. The Morgan fingerprint density at radius 3 is 2.50 bits per heavy atom. The number of hydrogen-bond donors (Lipinski definition) is 2. The summed E-state index contributed by atoms with van der Waals surface area (Å²) in [5.41, 5.74) is 2.36. The van der Waals surface area contributed by atoms with Crippen molar-refractivity contribution in [3.05, 3.63) is 83.0 Å². The highest BCUT2D eigenvalue weighted by Crippen LogP contribution is 2.16. The largest absolute Gasteiger partial charge is 0.385 e. The maximum Gasteiger partial charge on any atom is 0.385 e. The zero-order chi connectivity index (χ0) is 21.1. The van der Waals surface area contributed by atoms with Crippen LogP contribution in [0.1, 0.15) is 5.69 Å². The molecule has 2 N–H and O–H groups in total. The summed E-state index contributed by atoms with van der Waals surface area (Å²) in [6, 6.07) is 19.0. The van der Waals surface area contributed by atoms with Crippen molar-refractivity contribution in [2.45, 2.75) is 12.1 Å². The molecule has 0 radical (unpaired) electrons. The summed E-state index contributed by atoms with van der Waals surface area (Å²) in [6.07, 6.45) is 1.58. The first kappa shape index (κ1) is 19.7. The Bertz CT molecular complexity index is 1230. The van der Waals surface area contributed by atoms with E-state index in [9.17, 15) is 9.59 Å². The first-order chi connectivity index (χ1) is 14.6. The van der Waals surface area contributed by atoms with Crippen LogP contribution in [0.3, 0.4) is 0 Å². The van der Waals surface area contributed by atoms with Crippen molar-refractivity contribution < 1.29 is 9.48 Å². The molecule has 152 valence electrons. The van der Waals surface area contributed by atoms with Gasteiger partial charge in [-0.25, -0.2) is 4.68 Å². The summed E-state index contributed by atoms with van der Waals surface area (Å²) in [4.78, 5) is 29.8. The molecular weight excluding hydrogens is 400 g/mol. The van der Waals surface area contributed by atoms with E-state index in [4.69, 9.17) is 0 Å². The van der Waals surface area contributed by atoms with Gasteiger partial charge in [-0.2, -0.15) is 5.10 Å². The molecule has 0 saturated carbocycles.